The Balaban J connectivity index is 2.21. The highest BCUT2D eigenvalue weighted by Gasteiger charge is 2.28. The summed E-state index contributed by atoms with van der Waals surface area (Å²) in [6, 6.07) is 2.28. The number of ether oxygens (including phenoxy) is 1. The van der Waals surface area contributed by atoms with E-state index in [0.29, 0.717) is 5.92 Å². The van der Waals surface area contributed by atoms with Crippen LogP contribution in [0.1, 0.15) is 18.0 Å². The number of hydrazine groups is 1. The molecule has 0 radical (unpaired) electrons. The van der Waals surface area contributed by atoms with Gasteiger partial charge in [0, 0.05) is 12.5 Å². The second-order valence-corrected chi connectivity index (χ2v) is 7.30. The van der Waals surface area contributed by atoms with Gasteiger partial charge in [-0.1, -0.05) is 0 Å². The van der Waals surface area contributed by atoms with E-state index in [0.717, 1.165) is 27.2 Å². The fourth-order valence-corrected chi connectivity index (χ4v) is 4.79. The van der Waals surface area contributed by atoms with E-state index >= 15 is 0 Å². The average Bonchev–Trinajstić information content (AvgIpc) is 2.79. The molecular weight excluding hydrogens is 344 g/mol. The molecule has 0 bridgehead atoms. The second kappa shape index (κ2) is 5.25. The van der Waals surface area contributed by atoms with Crippen LogP contribution in [0.2, 0.25) is 0 Å². The molecule has 2 atom stereocenters. The summed E-state index contributed by atoms with van der Waals surface area (Å²) in [5.74, 6) is 6.09. The van der Waals surface area contributed by atoms with Gasteiger partial charge in [0.05, 0.1) is 20.2 Å². The zero-order valence-corrected chi connectivity index (χ0v) is 12.0. The van der Waals surface area contributed by atoms with Crippen LogP contribution < -0.4 is 11.3 Å². The van der Waals surface area contributed by atoms with E-state index in [9.17, 15) is 0 Å². The Kier molecular flexibility index (Phi) is 4.20. The van der Waals surface area contributed by atoms with E-state index in [2.05, 4.69) is 43.4 Å². The highest BCUT2D eigenvalue weighted by molar-refractivity contribution is 9.12. The zero-order chi connectivity index (χ0) is 10.8. The Bertz CT molecular complexity index is 339. The lowest BCUT2D eigenvalue weighted by atomic mass is 9.95. The molecule has 0 spiro atoms. The van der Waals surface area contributed by atoms with Crippen molar-refractivity contribution in [3.63, 3.8) is 0 Å². The van der Waals surface area contributed by atoms with Gasteiger partial charge in [-0.2, -0.15) is 0 Å². The summed E-state index contributed by atoms with van der Waals surface area (Å²) in [5.41, 5.74) is 4.10. The van der Waals surface area contributed by atoms with Gasteiger partial charge in [0.2, 0.25) is 0 Å². The van der Waals surface area contributed by atoms with Crippen LogP contribution in [0.3, 0.4) is 0 Å². The van der Waals surface area contributed by atoms with Gasteiger partial charge in [-0.25, -0.2) is 0 Å². The Hall–Kier alpha value is 0.540. The van der Waals surface area contributed by atoms with Gasteiger partial charge in [0.1, 0.15) is 0 Å². The molecule has 0 amide bonds. The van der Waals surface area contributed by atoms with Crippen molar-refractivity contribution in [3.8, 4) is 0 Å². The second-order valence-electron chi connectivity index (χ2n) is 3.55. The largest absolute Gasteiger partial charge is 0.381 e. The third kappa shape index (κ3) is 2.62. The molecule has 0 saturated carbocycles. The van der Waals surface area contributed by atoms with Gasteiger partial charge >= 0.3 is 0 Å². The summed E-state index contributed by atoms with van der Waals surface area (Å²) in [6.07, 6.45) is 1.06. The molecule has 1 aromatic heterocycles. The van der Waals surface area contributed by atoms with Gasteiger partial charge in [-0.15, -0.1) is 11.3 Å². The number of nitrogens with two attached hydrogens (primary N) is 1. The van der Waals surface area contributed by atoms with Crippen molar-refractivity contribution >= 4 is 43.2 Å². The van der Waals surface area contributed by atoms with Crippen LogP contribution in [-0.4, -0.2) is 13.2 Å². The molecule has 3 nitrogen and oxygen atoms in total. The molecule has 2 heterocycles. The minimum atomic E-state index is 0.171. The molecule has 1 fully saturated rings. The first-order valence-electron chi connectivity index (χ1n) is 4.71. The van der Waals surface area contributed by atoms with Crippen LogP contribution in [0.4, 0.5) is 0 Å². The highest BCUT2D eigenvalue weighted by atomic mass is 79.9. The molecule has 15 heavy (non-hydrogen) atoms. The molecule has 2 unspecified atom stereocenters. The van der Waals surface area contributed by atoms with Gasteiger partial charge in [0.25, 0.3) is 0 Å². The number of halogens is 2. The maximum Gasteiger partial charge on any atom is 0.0758 e. The summed E-state index contributed by atoms with van der Waals surface area (Å²) in [7, 11) is 0. The topological polar surface area (TPSA) is 47.3 Å². The summed E-state index contributed by atoms with van der Waals surface area (Å²) in [6.45, 7) is 1.63. The molecule has 2 rings (SSSR count). The Morgan fingerprint density at radius 2 is 2.40 bits per heavy atom. The van der Waals surface area contributed by atoms with Crippen molar-refractivity contribution in [2.45, 2.75) is 12.5 Å². The van der Waals surface area contributed by atoms with Crippen LogP contribution in [0.15, 0.2) is 13.6 Å². The van der Waals surface area contributed by atoms with E-state index in [1.165, 1.54) is 5.56 Å². The first-order valence-corrected chi connectivity index (χ1v) is 7.11. The van der Waals surface area contributed by atoms with Crippen LogP contribution >= 0.6 is 43.2 Å². The third-order valence-electron chi connectivity index (χ3n) is 2.63. The number of hydrogen-bond acceptors (Lipinski definition) is 4. The third-order valence-corrected chi connectivity index (χ3v) is 5.02. The molecule has 0 aromatic carbocycles. The minimum Gasteiger partial charge on any atom is -0.381 e. The standard InChI is InChI=1S/C9H12Br2N2OS/c10-7-3-6(9(11)15-7)8(13-12)5-1-2-14-4-5/h3,5,8,13H,1-2,4,12H2. The predicted molar refractivity (Wildman–Crippen MR) is 68.7 cm³/mol. The molecule has 1 aliphatic rings. The van der Waals surface area contributed by atoms with Gasteiger partial charge < -0.3 is 4.74 Å². The van der Waals surface area contributed by atoms with Crippen molar-refractivity contribution in [1.29, 1.82) is 0 Å². The monoisotopic (exact) mass is 354 g/mol. The summed E-state index contributed by atoms with van der Waals surface area (Å²) in [4.78, 5) is 0. The van der Waals surface area contributed by atoms with Gasteiger partial charge in [-0.3, -0.25) is 11.3 Å². The molecular formula is C9H12Br2N2OS. The molecule has 0 aliphatic carbocycles. The molecule has 1 aromatic rings. The lowest BCUT2D eigenvalue weighted by Crippen LogP contribution is -2.33. The van der Waals surface area contributed by atoms with Crippen LogP contribution in [0.25, 0.3) is 0 Å². The van der Waals surface area contributed by atoms with E-state index < -0.39 is 0 Å². The maximum atomic E-state index is 5.63. The normalized spacial score (nSPS) is 23.3. The SMILES string of the molecule is NNC(c1cc(Br)sc1Br)C1CCOC1. The molecule has 1 saturated heterocycles. The van der Waals surface area contributed by atoms with Crippen molar-refractivity contribution in [2.24, 2.45) is 11.8 Å². The van der Waals surface area contributed by atoms with E-state index in [4.69, 9.17) is 10.6 Å². The summed E-state index contributed by atoms with van der Waals surface area (Å²) >= 11 is 8.70. The summed E-state index contributed by atoms with van der Waals surface area (Å²) < 4.78 is 7.63. The van der Waals surface area contributed by atoms with Crippen molar-refractivity contribution < 1.29 is 4.74 Å². The lowest BCUT2D eigenvalue weighted by molar-refractivity contribution is 0.177. The number of thiophene rings is 1. The molecule has 6 heteroatoms. The van der Waals surface area contributed by atoms with Crippen LogP contribution in [0, 0.1) is 5.92 Å². The predicted octanol–water partition coefficient (Wildman–Crippen LogP) is 2.81. The Morgan fingerprint density at radius 3 is 2.87 bits per heavy atom. The van der Waals surface area contributed by atoms with E-state index in [-0.39, 0.29) is 6.04 Å². The first-order chi connectivity index (χ1) is 7.22. The summed E-state index contributed by atoms with van der Waals surface area (Å²) in [5, 5.41) is 0. The smallest absolute Gasteiger partial charge is 0.0758 e. The highest BCUT2D eigenvalue weighted by Crippen LogP contribution is 2.39. The fourth-order valence-electron chi connectivity index (χ4n) is 1.86. The zero-order valence-electron chi connectivity index (χ0n) is 8.00. The van der Waals surface area contributed by atoms with E-state index in [1.807, 2.05) is 0 Å². The number of hydrogen-bond donors (Lipinski definition) is 2. The fraction of sp³-hybridized carbons (Fsp3) is 0.556. The van der Waals surface area contributed by atoms with Gasteiger partial charge in [0.15, 0.2) is 0 Å². The van der Waals surface area contributed by atoms with Crippen LogP contribution in [-0.2, 0) is 4.74 Å². The number of rotatable bonds is 3. The van der Waals surface area contributed by atoms with Crippen molar-refractivity contribution in [2.75, 3.05) is 13.2 Å². The minimum absolute atomic E-state index is 0.171. The van der Waals surface area contributed by atoms with E-state index in [1.54, 1.807) is 11.3 Å². The first kappa shape index (κ1) is 12.0. The van der Waals surface area contributed by atoms with Gasteiger partial charge in [-0.05, 0) is 49.9 Å². The lowest BCUT2D eigenvalue weighted by Gasteiger charge is -2.21. The van der Waals surface area contributed by atoms with Crippen molar-refractivity contribution in [1.82, 2.24) is 5.43 Å². The Morgan fingerprint density at radius 1 is 1.60 bits per heavy atom. The quantitative estimate of drug-likeness (QED) is 0.647. The molecule has 84 valence electrons. The Labute approximate surface area is 110 Å². The van der Waals surface area contributed by atoms with Crippen molar-refractivity contribution in [3.05, 3.63) is 19.2 Å². The maximum absolute atomic E-state index is 5.63. The molecule has 1 aliphatic heterocycles. The molecule has 3 N–H and O–H groups in total. The number of nitrogens with one attached hydrogen (secondary N) is 1. The van der Waals surface area contributed by atoms with Crippen LogP contribution in [0.5, 0.6) is 0 Å². The average molecular weight is 356 g/mol.